The van der Waals surface area contributed by atoms with Crippen molar-refractivity contribution >= 4 is 37.7 Å². The molecule has 0 aliphatic rings. The molecule has 0 bridgehead atoms. The first-order valence-electron chi connectivity index (χ1n) is 6.39. The minimum absolute atomic E-state index is 0.126. The minimum Gasteiger partial charge on any atom is -0.340 e. The molecule has 3 rings (SSSR count). The zero-order valence-corrected chi connectivity index (χ0v) is 12.1. The second-order valence-electron chi connectivity index (χ2n) is 4.56. The molecule has 2 nitrogen and oxygen atoms in total. The number of halogens is 1. The van der Waals surface area contributed by atoms with Crippen LogP contribution in [0.25, 0.3) is 21.8 Å². The van der Waals surface area contributed by atoms with E-state index in [2.05, 4.69) is 20.5 Å². The molecule has 0 amide bonds. The van der Waals surface area contributed by atoms with Gasteiger partial charge in [-0.3, -0.25) is 4.79 Å². The number of rotatable bonds is 3. The number of alkyl halides is 1. The molecule has 19 heavy (non-hydrogen) atoms. The lowest BCUT2D eigenvalue weighted by atomic mass is 10.1. The number of benzene rings is 2. The SMILES string of the molecule is O=c1c2ccccc2n(CCCBr)c2ccccc12. The van der Waals surface area contributed by atoms with Crippen LogP contribution in [0.15, 0.2) is 53.3 Å². The van der Waals surface area contributed by atoms with E-state index in [9.17, 15) is 4.79 Å². The van der Waals surface area contributed by atoms with Gasteiger partial charge in [-0.05, 0) is 30.7 Å². The summed E-state index contributed by atoms with van der Waals surface area (Å²) in [4.78, 5) is 12.5. The number of pyridine rings is 1. The highest BCUT2D eigenvalue weighted by Crippen LogP contribution is 2.19. The molecular formula is C16H14BrNO. The number of hydrogen-bond acceptors (Lipinski definition) is 1. The number of hydrogen-bond donors (Lipinski definition) is 0. The monoisotopic (exact) mass is 315 g/mol. The highest BCUT2D eigenvalue weighted by atomic mass is 79.9. The smallest absolute Gasteiger partial charge is 0.197 e. The largest absolute Gasteiger partial charge is 0.340 e. The fourth-order valence-electron chi connectivity index (χ4n) is 2.54. The van der Waals surface area contributed by atoms with Gasteiger partial charge in [-0.15, -0.1) is 0 Å². The van der Waals surface area contributed by atoms with Crippen molar-refractivity contribution in [2.75, 3.05) is 5.33 Å². The Labute approximate surface area is 119 Å². The Morgan fingerprint density at radius 3 is 1.95 bits per heavy atom. The number of aromatic nitrogens is 1. The van der Waals surface area contributed by atoms with Crippen LogP contribution >= 0.6 is 15.9 Å². The summed E-state index contributed by atoms with van der Waals surface area (Å²) in [6.45, 7) is 0.909. The fourth-order valence-corrected chi connectivity index (χ4v) is 2.79. The summed E-state index contributed by atoms with van der Waals surface area (Å²) in [5, 5.41) is 2.56. The van der Waals surface area contributed by atoms with Gasteiger partial charge in [-0.1, -0.05) is 40.2 Å². The predicted molar refractivity (Wildman–Crippen MR) is 84.1 cm³/mol. The summed E-state index contributed by atoms with van der Waals surface area (Å²) in [6.07, 6.45) is 1.04. The van der Waals surface area contributed by atoms with E-state index in [0.29, 0.717) is 0 Å². The van der Waals surface area contributed by atoms with Crippen LogP contribution in [0.1, 0.15) is 6.42 Å². The molecule has 0 saturated carbocycles. The molecule has 0 radical (unpaired) electrons. The first-order chi connectivity index (χ1) is 9.33. The molecule has 0 spiro atoms. The number of fused-ring (bicyclic) bond motifs is 2. The van der Waals surface area contributed by atoms with Crippen molar-refractivity contribution in [2.24, 2.45) is 0 Å². The molecule has 2 aromatic carbocycles. The van der Waals surface area contributed by atoms with Gasteiger partial charge in [-0.2, -0.15) is 0 Å². The molecule has 0 aliphatic heterocycles. The molecule has 1 heterocycles. The first kappa shape index (κ1) is 12.4. The van der Waals surface area contributed by atoms with Crippen LogP contribution in [-0.4, -0.2) is 9.90 Å². The lowest BCUT2D eigenvalue weighted by Crippen LogP contribution is -2.11. The van der Waals surface area contributed by atoms with Gasteiger partial charge in [0.05, 0.1) is 11.0 Å². The second kappa shape index (κ2) is 5.17. The molecule has 0 fully saturated rings. The van der Waals surface area contributed by atoms with E-state index in [-0.39, 0.29) is 5.43 Å². The molecule has 3 heteroatoms. The van der Waals surface area contributed by atoms with Gasteiger partial charge in [-0.25, -0.2) is 0 Å². The Bertz CT molecular complexity index is 731. The van der Waals surface area contributed by atoms with Gasteiger partial charge < -0.3 is 4.57 Å². The molecule has 0 atom stereocenters. The molecule has 0 aliphatic carbocycles. The van der Waals surface area contributed by atoms with Crippen molar-refractivity contribution in [1.82, 2.24) is 4.57 Å². The normalized spacial score (nSPS) is 11.2. The van der Waals surface area contributed by atoms with Crippen LogP contribution in [-0.2, 0) is 6.54 Å². The topological polar surface area (TPSA) is 22.0 Å². The Balaban J connectivity index is 2.45. The van der Waals surface area contributed by atoms with Crippen molar-refractivity contribution in [3.63, 3.8) is 0 Å². The molecule has 0 N–H and O–H groups in total. The first-order valence-corrected chi connectivity index (χ1v) is 7.51. The van der Waals surface area contributed by atoms with E-state index in [1.54, 1.807) is 0 Å². The Kier molecular flexibility index (Phi) is 3.38. The highest BCUT2D eigenvalue weighted by molar-refractivity contribution is 9.09. The van der Waals surface area contributed by atoms with Crippen LogP contribution in [0.3, 0.4) is 0 Å². The zero-order chi connectivity index (χ0) is 13.2. The summed E-state index contributed by atoms with van der Waals surface area (Å²) >= 11 is 3.47. The molecule has 3 aromatic rings. The molecule has 0 unspecified atom stereocenters. The van der Waals surface area contributed by atoms with Crippen molar-refractivity contribution < 1.29 is 0 Å². The van der Waals surface area contributed by atoms with Crippen molar-refractivity contribution in [3.05, 3.63) is 58.8 Å². The lowest BCUT2D eigenvalue weighted by molar-refractivity contribution is 0.729. The van der Waals surface area contributed by atoms with Gasteiger partial charge in [0.1, 0.15) is 0 Å². The van der Waals surface area contributed by atoms with E-state index in [4.69, 9.17) is 0 Å². The van der Waals surface area contributed by atoms with Gasteiger partial charge in [0.2, 0.25) is 0 Å². The van der Waals surface area contributed by atoms with Crippen molar-refractivity contribution in [1.29, 1.82) is 0 Å². The van der Waals surface area contributed by atoms with Gasteiger partial charge >= 0.3 is 0 Å². The van der Waals surface area contributed by atoms with E-state index >= 15 is 0 Å². The standard InChI is InChI=1S/C16H14BrNO/c17-10-5-11-18-14-8-3-1-6-12(14)16(19)13-7-2-4-9-15(13)18/h1-4,6-9H,5,10-11H2. The maximum absolute atomic E-state index is 12.5. The predicted octanol–water partition coefficient (Wildman–Crippen LogP) is 3.94. The van der Waals surface area contributed by atoms with Crippen molar-refractivity contribution in [2.45, 2.75) is 13.0 Å². The summed E-state index contributed by atoms with van der Waals surface area (Å²) in [5.41, 5.74) is 2.17. The minimum atomic E-state index is 0.126. The van der Waals surface area contributed by atoms with Gasteiger partial charge in [0.25, 0.3) is 0 Å². The summed E-state index contributed by atoms with van der Waals surface area (Å²) in [7, 11) is 0. The van der Waals surface area contributed by atoms with Crippen molar-refractivity contribution in [3.8, 4) is 0 Å². The van der Waals surface area contributed by atoms with E-state index in [0.717, 1.165) is 40.1 Å². The Morgan fingerprint density at radius 1 is 0.895 bits per heavy atom. The lowest BCUT2D eigenvalue weighted by Gasteiger charge is -2.14. The molecular weight excluding hydrogens is 302 g/mol. The maximum Gasteiger partial charge on any atom is 0.197 e. The van der Waals surface area contributed by atoms with E-state index in [1.807, 2.05) is 48.5 Å². The highest BCUT2D eigenvalue weighted by Gasteiger charge is 2.09. The van der Waals surface area contributed by atoms with Crippen LogP contribution in [0, 0.1) is 0 Å². The van der Waals surface area contributed by atoms with E-state index < -0.39 is 0 Å². The molecule has 0 saturated heterocycles. The van der Waals surface area contributed by atoms with E-state index in [1.165, 1.54) is 0 Å². The number of aryl methyl sites for hydroxylation is 1. The fraction of sp³-hybridized carbons (Fsp3) is 0.188. The van der Waals surface area contributed by atoms with Crippen LogP contribution in [0.2, 0.25) is 0 Å². The molecule has 96 valence electrons. The average Bonchev–Trinajstić information content (AvgIpc) is 2.47. The molecule has 1 aromatic heterocycles. The Hall–Kier alpha value is -1.61. The van der Waals surface area contributed by atoms with Gasteiger partial charge in [0.15, 0.2) is 5.43 Å². The number of para-hydroxylation sites is 2. The summed E-state index contributed by atoms with van der Waals surface area (Å²) < 4.78 is 2.24. The van der Waals surface area contributed by atoms with Crippen LogP contribution in [0.5, 0.6) is 0 Å². The summed E-state index contributed by atoms with van der Waals surface area (Å²) in [5.74, 6) is 0. The third-order valence-electron chi connectivity index (χ3n) is 3.39. The summed E-state index contributed by atoms with van der Waals surface area (Å²) in [6, 6.07) is 15.7. The Morgan fingerprint density at radius 2 is 1.42 bits per heavy atom. The third-order valence-corrected chi connectivity index (χ3v) is 3.96. The zero-order valence-electron chi connectivity index (χ0n) is 10.5. The number of nitrogens with zero attached hydrogens (tertiary/aromatic N) is 1. The quantitative estimate of drug-likeness (QED) is 0.530. The average molecular weight is 316 g/mol. The maximum atomic E-state index is 12.5. The van der Waals surface area contributed by atoms with Gasteiger partial charge in [0, 0.05) is 22.6 Å². The van der Waals surface area contributed by atoms with Crippen LogP contribution < -0.4 is 5.43 Å². The third kappa shape index (κ3) is 2.08. The second-order valence-corrected chi connectivity index (χ2v) is 5.35. The van der Waals surface area contributed by atoms with Crippen LogP contribution in [0.4, 0.5) is 0 Å².